The number of hydrogen-bond acceptors (Lipinski definition) is 6. The summed E-state index contributed by atoms with van der Waals surface area (Å²) in [6.45, 7) is 0. The van der Waals surface area contributed by atoms with E-state index in [9.17, 15) is 14.4 Å². The summed E-state index contributed by atoms with van der Waals surface area (Å²) in [6.07, 6.45) is -0.745. The van der Waals surface area contributed by atoms with Crippen LogP contribution in [0, 0.1) is 0 Å². The molecule has 1 rings (SSSR count). The number of nitrogens with one attached hydrogen (secondary N) is 1. The van der Waals surface area contributed by atoms with Crippen molar-refractivity contribution in [2.75, 3.05) is 21.3 Å². The van der Waals surface area contributed by atoms with Crippen LogP contribution in [0.5, 0.6) is 17.2 Å². The quantitative estimate of drug-likeness (QED) is 0.624. The lowest BCUT2D eigenvalue weighted by Gasteiger charge is -2.16. The number of hydrogen-bond donors (Lipinski definition) is 3. The van der Waals surface area contributed by atoms with Crippen LogP contribution >= 0.6 is 0 Å². The number of carbonyl (C=O) groups excluding carboxylic acids is 1. The second kappa shape index (κ2) is 7.87. The smallest absolute Gasteiger partial charge is 0.326 e. The second-order valence-corrected chi connectivity index (χ2v) is 4.38. The third kappa shape index (κ3) is 4.50. The predicted molar refractivity (Wildman–Crippen MR) is 77.2 cm³/mol. The fourth-order valence-electron chi connectivity index (χ4n) is 1.83. The van der Waals surface area contributed by atoms with E-state index in [4.69, 9.17) is 24.4 Å². The summed E-state index contributed by atoms with van der Waals surface area (Å²) in [5, 5.41) is 19.8. The van der Waals surface area contributed by atoms with E-state index in [1.165, 1.54) is 33.5 Å². The third-order valence-corrected chi connectivity index (χ3v) is 2.91. The summed E-state index contributed by atoms with van der Waals surface area (Å²) in [7, 11) is 4.13. The first-order chi connectivity index (χ1) is 10.8. The number of aliphatic carboxylic acids is 2. The number of rotatable bonds is 8. The van der Waals surface area contributed by atoms with Gasteiger partial charge in [0, 0.05) is 5.56 Å². The van der Waals surface area contributed by atoms with Gasteiger partial charge in [-0.15, -0.1) is 0 Å². The molecule has 0 aliphatic carbocycles. The van der Waals surface area contributed by atoms with Crippen LogP contribution in [0.4, 0.5) is 0 Å². The Bertz CT molecular complexity index is 588. The van der Waals surface area contributed by atoms with E-state index in [0.29, 0.717) is 0 Å². The van der Waals surface area contributed by atoms with Gasteiger partial charge in [0.1, 0.15) is 6.04 Å². The van der Waals surface area contributed by atoms with Gasteiger partial charge in [0.25, 0.3) is 5.91 Å². The van der Waals surface area contributed by atoms with Gasteiger partial charge in [-0.3, -0.25) is 9.59 Å². The van der Waals surface area contributed by atoms with E-state index in [2.05, 4.69) is 5.32 Å². The Hall–Kier alpha value is -2.97. The van der Waals surface area contributed by atoms with Crippen LogP contribution in [0.2, 0.25) is 0 Å². The Kier molecular flexibility index (Phi) is 6.19. The molecule has 1 aromatic rings. The molecule has 0 bridgehead atoms. The lowest BCUT2D eigenvalue weighted by Crippen LogP contribution is -2.42. The highest BCUT2D eigenvalue weighted by Crippen LogP contribution is 2.38. The van der Waals surface area contributed by atoms with Crippen LogP contribution in [0.25, 0.3) is 0 Å². The van der Waals surface area contributed by atoms with Gasteiger partial charge in [-0.25, -0.2) is 4.79 Å². The van der Waals surface area contributed by atoms with Gasteiger partial charge in [0.05, 0.1) is 27.8 Å². The molecule has 0 heterocycles. The van der Waals surface area contributed by atoms with Crippen molar-refractivity contribution < 1.29 is 38.8 Å². The lowest BCUT2D eigenvalue weighted by molar-refractivity contribution is -0.145. The molecule has 23 heavy (non-hydrogen) atoms. The Morgan fingerprint density at radius 3 is 1.91 bits per heavy atom. The van der Waals surface area contributed by atoms with Crippen LogP contribution in [-0.2, 0) is 9.59 Å². The van der Waals surface area contributed by atoms with Crippen molar-refractivity contribution in [2.45, 2.75) is 12.5 Å². The molecule has 9 nitrogen and oxygen atoms in total. The van der Waals surface area contributed by atoms with Crippen molar-refractivity contribution in [2.24, 2.45) is 0 Å². The van der Waals surface area contributed by atoms with Crippen molar-refractivity contribution in [3.8, 4) is 17.2 Å². The van der Waals surface area contributed by atoms with Crippen molar-refractivity contribution in [1.82, 2.24) is 5.32 Å². The minimum atomic E-state index is -1.56. The highest BCUT2D eigenvalue weighted by molar-refractivity contribution is 5.98. The molecule has 0 saturated carbocycles. The molecule has 0 aliphatic heterocycles. The van der Waals surface area contributed by atoms with E-state index in [1.54, 1.807) is 0 Å². The minimum Gasteiger partial charge on any atom is -0.493 e. The standard InChI is InChI=1S/C14H17NO8/c1-21-9-4-7(5-10(22-2)12(9)23-3)13(18)15-8(14(19)20)6-11(16)17/h4-5,8H,6H2,1-3H3,(H,15,18)(H,16,17)(H,19,20)/t8-/m0/s1. The van der Waals surface area contributed by atoms with Crippen LogP contribution in [0.15, 0.2) is 12.1 Å². The minimum absolute atomic E-state index is 0.0381. The Labute approximate surface area is 131 Å². The highest BCUT2D eigenvalue weighted by atomic mass is 16.5. The molecular weight excluding hydrogens is 310 g/mol. The number of ether oxygens (including phenoxy) is 3. The summed E-state index contributed by atoms with van der Waals surface area (Å²) in [4.78, 5) is 33.8. The molecule has 1 amide bonds. The summed E-state index contributed by atoms with van der Waals surface area (Å²) in [6, 6.07) is 1.10. The van der Waals surface area contributed by atoms with Gasteiger partial charge < -0.3 is 29.7 Å². The predicted octanol–water partition coefficient (Wildman–Crippen LogP) is 0.370. The molecule has 126 valence electrons. The third-order valence-electron chi connectivity index (χ3n) is 2.91. The van der Waals surface area contributed by atoms with Crippen LogP contribution in [0.1, 0.15) is 16.8 Å². The zero-order chi connectivity index (χ0) is 17.6. The fraction of sp³-hybridized carbons (Fsp3) is 0.357. The van der Waals surface area contributed by atoms with Gasteiger partial charge in [-0.05, 0) is 12.1 Å². The van der Waals surface area contributed by atoms with Crippen molar-refractivity contribution in [3.63, 3.8) is 0 Å². The molecular formula is C14H17NO8. The number of carboxylic acid groups (broad SMARTS) is 2. The topological polar surface area (TPSA) is 131 Å². The summed E-state index contributed by atoms with van der Waals surface area (Å²) in [5.41, 5.74) is 0.0381. The average molecular weight is 327 g/mol. The highest BCUT2D eigenvalue weighted by Gasteiger charge is 2.25. The SMILES string of the molecule is COc1cc(C(=O)N[C@@H](CC(=O)O)C(=O)O)cc(OC)c1OC. The van der Waals surface area contributed by atoms with Gasteiger partial charge in [0.2, 0.25) is 5.75 Å². The first-order valence-corrected chi connectivity index (χ1v) is 6.39. The monoisotopic (exact) mass is 327 g/mol. The van der Waals surface area contributed by atoms with Gasteiger partial charge in [-0.1, -0.05) is 0 Å². The Morgan fingerprint density at radius 2 is 1.57 bits per heavy atom. The van der Waals surface area contributed by atoms with Crippen LogP contribution in [-0.4, -0.2) is 55.4 Å². The summed E-state index contributed by atoms with van der Waals surface area (Å²) >= 11 is 0. The average Bonchev–Trinajstić information content (AvgIpc) is 2.51. The maximum Gasteiger partial charge on any atom is 0.326 e. The van der Waals surface area contributed by atoms with E-state index >= 15 is 0 Å². The largest absolute Gasteiger partial charge is 0.493 e. The summed E-state index contributed by atoms with van der Waals surface area (Å²) < 4.78 is 15.3. The number of amides is 1. The van der Waals surface area contributed by atoms with Crippen LogP contribution in [0.3, 0.4) is 0 Å². The molecule has 3 N–H and O–H groups in total. The lowest BCUT2D eigenvalue weighted by atomic mass is 10.1. The van der Waals surface area contributed by atoms with Gasteiger partial charge in [-0.2, -0.15) is 0 Å². The zero-order valence-corrected chi connectivity index (χ0v) is 12.8. The molecule has 9 heteroatoms. The zero-order valence-electron chi connectivity index (χ0n) is 12.8. The Balaban J connectivity index is 3.12. The fourth-order valence-corrected chi connectivity index (χ4v) is 1.83. The molecule has 0 aromatic heterocycles. The molecule has 1 atom stereocenters. The van der Waals surface area contributed by atoms with Crippen molar-refractivity contribution in [3.05, 3.63) is 17.7 Å². The van der Waals surface area contributed by atoms with Gasteiger partial charge in [0.15, 0.2) is 11.5 Å². The molecule has 0 spiro atoms. The van der Waals surface area contributed by atoms with Crippen LogP contribution < -0.4 is 19.5 Å². The molecule has 0 unspecified atom stereocenters. The maximum absolute atomic E-state index is 12.2. The first kappa shape index (κ1) is 18.1. The first-order valence-electron chi connectivity index (χ1n) is 6.39. The van der Waals surface area contributed by atoms with E-state index < -0.39 is 30.3 Å². The van der Waals surface area contributed by atoms with E-state index in [0.717, 1.165) is 0 Å². The second-order valence-electron chi connectivity index (χ2n) is 4.38. The van der Waals surface area contributed by atoms with E-state index in [1.807, 2.05) is 0 Å². The number of benzene rings is 1. The van der Waals surface area contributed by atoms with Gasteiger partial charge >= 0.3 is 11.9 Å². The Morgan fingerprint density at radius 1 is 1.04 bits per heavy atom. The summed E-state index contributed by atoms with van der Waals surface area (Å²) in [5.74, 6) is -2.88. The van der Waals surface area contributed by atoms with Crippen molar-refractivity contribution in [1.29, 1.82) is 0 Å². The molecule has 0 radical (unpaired) electrons. The number of carboxylic acids is 2. The number of methoxy groups -OCH3 is 3. The molecule has 0 saturated heterocycles. The molecule has 1 aromatic carbocycles. The van der Waals surface area contributed by atoms with Crippen molar-refractivity contribution >= 4 is 17.8 Å². The van der Waals surface area contributed by atoms with E-state index in [-0.39, 0.29) is 22.8 Å². The molecule has 0 fully saturated rings. The number of carbonyl (C=O) groups is 3. The molecule has 0 aliphatic rings. The normalized spacial score (nSPS) is 11.3. The maximum atomic E-state index is 12.2.